The molecule has 0 radical (unpaired) electrons. The van der Waals surface area contributed by atoms with Gasteiger partial charge < -0.3 is 5.73 Å². The molecular formula is C14H10N2OS. The predicted octanol–water partition coefficient (Wildman–Crippen LogP) is 3.11. The molecule has 2 aromatic heterocycles. The second-order valence-electron chi connectivity index (χ2n) is 3.92. The van der Waals surface area contributed by atoms with E-state index in [0.717, 1.165) is 5.39 Å². The molecule has 0 aliphatic carbocycles. The Morgan fingerprint density at radius 3 is 2.78 bits per heavy atom. The van der Waals surface area contributed by atoms with E-state index in [2.05, 4.69) is 4.98 Å². The highest BCUT2D eigenvalue weighted by Gasteiger charge is 2.14. The molecule has 0 bridgehead atoms. The van der Waals surface area contributed by atoms with E-state index < -0.39 is 0 Å². The van der Waals surface area contributed by atoms with Crippen LogP contribution < -0.4 is 5.73 Å². The van der Waals surface area contributed by atoms with Gasteiger partial charge in [-0.25, -0.2) is 4.98 Å². The number of hydrogen-bond acceptors (Lipinski definition) is 4. The Morgan fingerprint density at radius 1 is 1.11 bits per heavy atom. The summed E-state index contributed by atoms with van der Waals surface area (Å²) in [6, 6.07) is 12.9. The molecule has 4 heteroatoms. The van der Waals surface area contributed by atoms with Crippen molar-refractivity contribution in [3.8, 4) is 0 Å². The Kier molecular flexibility index (Phi) is 2.57. The van der Waals surface area contributed by atoms with Crippen LogP contribution in [-0.2, 0) is 0 Å². The Labute approximate surface area is 108 Å². The molecule has 2 N–H and O–H groups in total. The van der Waals surface area contributed by atoms with Crippen molar-refractivity contribution in [1.29, 1.82) is 0 Å². The van der Waals surface area contributed by atoms with E-state index >= 15 is 0 Å². The SMILES string of the molecule is Nc1ccc2cccc(C(=O)c3cccs3)c2n1. The maximum absolute atomic E-state index is 12.4. The van der Waals surface area contributed by atoms with Gasteiger partial charge in [0.2, 0.25) is 5.78 Å². The van der Waals surface area contributed by atoms with E-state index in [1.54, 1.807) is 12.1 Å². The zero-order valence-electron chi connectivity index (χ0n) is 9.46. The third-order valence-electron chi connectivity index (χ3n) is 2.73. The van der Waals surface area contributed by atoms with Crippen molar-refractivity contribution in [2.45, 2.75) is 0 Å². The number of hydrogen-bond donors (Lipinski definition) is 1. The lowest BCUT2D eigenvalue weighted by atomic mass is 10.1. The van der Waals surface area contributed by atoms with Crippen LogP contribution in [0.3, 0.4) is 0 Å². The van der Waals surface area contributed by atoms with E-state index in [9.17, 15) is 4.79 Å². The van der Waals surface area contributed by atoms with Crippen molar-refractivity contribution in [1.82, 2.24) is 4.98 Å². The molecule has 18 heavy (non-hydrogen) atoms. The fourth-order valence-corrected chi connectivity index (χ4v) is 2.56. The van der Waals surface area contributed by atoms with Crippen molar-refractivity contribution >= 4 is 33.8 Å². The van der Waals surface area contributed by atoms with Gasteiger partial charge in [0.1, 0.15) is 5.82 Å². The van der Waals surface area contributed by atoms with Gasteiger partial charge >= 0.3 is 0 Å². The molecule has 88 valence electrons. The molecule has 0 saturated heterocycles. The first-order chi connectivity index (χ1) is 8.75. The molecule has 0 aliphatic rings. The van der Waals surface area contributed by atoms with E-state index in [-0.39, 0.29) is 5.78 Å². The number of ketones is 1. The molecule has 0 fully saturated rings. The normalized spacial score (nSPS) is 10.7. The zero-order valence-corrected chi connectivity index (χ0v) is 10.3. The van der Waals surface area contributed by atoms with Gasteiger partial charge in [-0.3, -0.25) is 4.79 Å². The lowest BCUT2D eigenvalue weighted by Gasteiger charge is -2.04. The van der Waals surface area contributed by atoms with Crippen molar-refractivity contribution < 1.29 is 4.79 Å². The molecule has 0 aliphatic heterocycles. The van der Waals surface area contributed by atoms with Crippen LogP contribution in [-0.4, -0.2) is 10.8 Å². The summed E-state index contributed by atoms with van der Waals surface area (Å²) < 4.78 is 0. The summed E-state index contributed by atoms with van der Waals surface area (Å²) in [6.45, 7) is 0. The quantitative estimate of drug-likeness (QED) is 0.715. The lowest BCUT2D eigenvalue weighted by Crippen LogP contribution is -2.01. The number of benzene rings is 1. The predicted molar refractivity (Wildman–Crippen MR) is 73.9 cm³/mol. The van der Waals surface area contributed by atoms with E-state index in [4.69, 9.17) is 5.73 Å². The molecule has 0 spiro atoms. The average molecular weight is 254 g/mol. The molecule has 0 saturated carbocycles. The first-order valence-electron chi connectivity index (χ1n) is 5.49. The molecule has 3 nitrogen and oxygen atoms in total. The minimum atomic E-state index is -0.00583. The number of pyridine rings is 1. The number of thiophene rings is 1. The van der Waals surface area contributed by atoms with Crippen LogP contribution in [0.5, 0.6) is 0 Å². The van der Waals surface area contributed by atoms with Gasteiger partial charge in [0.05, 0.1) is 10.4 Å². The number of aromatic nitrogens is 1. The highest BCUT2D eigenvalue weighted by Crippen LogP contribution is 2.22. The Bertz CT molecular complexity index is 720. The van der Waals surface area contributed by atoms with Crippen LogP contribution in [0.25, 0.3) is 10.9 Å². The Hall–Kier alpha value is -2.20. The standard InChI is InChI=1S/C14H10N2OS/c15-12-7-6-9-3-1-4-10(13(9)16-12)14(17)11-5-2-8-18-11/h1-8H,(H2,15,16). The van der Waals surface area contributed by atoms with Crippen LogP contribution >= 0.6 is 11.3 Å². The molecule has 0 amide bonds. The van der Waals surface area contributed by atoms with Crippen molar-refractivity contribution in [2.24, 2.45) is 0 Å². The largest absolute Gasteiger partial charge is 0.384 e. The smallest absolute Gasteiger partial charge is 0.205 e. The summed E-state index contributed by atoms with van der Waals surface area (Å²) >= 11 is 1.43. The highest BCUT2D eigenvalue weighted by molar-refractivity contribution is 7.12. The molecule has 0 unspecified atom stereocenters. The average Bonchev–Trinajstić information content (AvgIpc) is 2.91. The first-order valence-corrected chi connectivity index (χ1v) is 6.37. The number of nitrogens with zero attached hydrogens (tertiary/aromatic N) is 1. The van der Waals surface area contributed by atoms with Gasteiger partial charge in [-0.2, -0.15) is 0 Å². The van der Waals surface area contributed by atoms with Gasteiger partial charge in [-0.15, -0.1) is 11.3 Å². The second-order valence-corrected chi connectivity index (χ2v) is 4.87. The molecule has 3 aromatic rings. The van der Waals surface area contributed by atoms with Gasteiger partial charge in [-0.05, 0) is 29.6 Å². The maximum atomic E-state index is 12.4. The van der Waals surface area contributed by atoms with Gasteiger partial charge in [0.15, 0.2) is 0 Å². The minimum Gasteiger partial charge on any atom is -0.384 e. The lowest BCUT2D eigenvalue weighted by molar-refractivity contribution is 0.104. The summed E-state index contributed by atoms with van der Waals surface area (Å²) in [7, 11) is 0. The second kappa shape index (κ2) is 4.23. The fourth-order valence-electron chi connectivity index (χ4n) is 1.89. The maximum Gasteiger partial charge on any atom is 0.205 e. The zero-order chi connectivity index (χ0) is 12.5. The van der Waals surface area contributed by atoms with Gasteiger partial charge in [-0.1, -0.05) is 18.2 Å². The van der Waals surface area contributed by atoms with Crippen LogP contribution in [0.15, 0.2) is 47.8 Å². The van der Waals surface area contributed by atoms with Crippen LogP contribution in [0.4, 0.5) is 5.82 Å². The molecule has 1 aromatic carbocycles. The highest BCUT2D eigenvalue weighted by atomic mass is 32.1. The number of nitrogens with two attached hydrogens (primary N) is 1. The molecular weight excluding hydrogens is 244 g/mol. The van der Waals surface area contributed by atoms with Crippen LogP contribution in [0, 0.1) is 0 Å². The number of fused-ring (bicyclic) bond motifs is 1. The summed E-state index contributed by atoms with van der Waals surface area (Å²) in [5, 5.41) is 2.81. The van der Waals surface area contributed by atoms with Crippen molar-refractivity contribution in [2.75, 3.05) is 5.73 Å². The molecule has 3 rings (SSSR count). The number of para-hydroxylation sites is 1. The molecule has 0 atom stereocenters. The number of carbonyl (C=O) groups is 1. The fraction of sp³-hybridized carbons (Fsp3) is 0. The number of anilines is 1. The van der Waals surface area contributed by atoms with Crippen molar-refractivity contribution in [3.05, 3.63) is 58.3 Å². The number of carbonyl (C=O) groups excluding carboxylic acids is 1. The van der Waals surface area contributed by atoms with E-state index in [0.29, 0.717) is 21.8 Å². The first kappa shape index (κ1) is 10.9. The van der Waals surface area contributed by atoms with E-state index in [1.165, 1.54) is 11.3 Å². The van der Waals surface area contributed by atoms with Crippen molar-refractivity contribution in [3.63, 3.8) is 0 Å². The van der Waals surface area contributed by atoms with E-state index in [1.807, 2.05) is 35.7 Å². The number of nitrogen functional groups attached to an aromatic ring is 1. The Balaban J connectivity index is 2.23. The summed E-state index contributed by atoms with van der Waals surface area (Å²) in [6.07, 6.45) is 0. The number of rotatable bonds is 2. The monoisotopic (exact) mass is 254 g/mol. The third kappa shape index (κ3) is 1.76. The third-order valence-corrected chi connectivity index (χ3v) is 3.60. The topological polar surface area (TPSA) is 56.0 Å². The summed E-state index contributed by atoms with van der Waals surface area (Å²) in [5.41, 5.74) is 6.95. The summed E-state index contributed by atoms with van der Waals surface area (Å²) in [5.74, 6) is 0.419. The molecule has 2 heterocycles. The Morgan fingerprint density at radius 2 is 2.00 bits per heavy atom. The van der Waals surface area contributed by atoms with Gasteiger partial charge in [0.25, 0.3) is 0 Å². The van der Waals surface area contributed by atoms with Gasteiger partial charge in [0, 0.05) is 10.9 Å². The van der Waals surface area contributed by atoms with Crippen LogP contribution in [0.2, 0.25) is 0 Å². The minimum absolute atomic E-state index is 0.00583. The summed E-state index contributed by atoms with van der Waals surface area (Å²) in [4.78, 5) is 17.3. The van der Waals surface area contributed by atoms with Crippen LogP contribution in [0.1, 0.15) is 15.2 Å².